The largest absolute Gasteiger partial charge is 0.377 e. The smallest absolute Gasteiger partial charge is 0.225 e. The Morgan fingerprint density at radius 1 is 1.50 bits per heavy atom. The van der Waals surface area contributed by atoms with Crippen molar-refractivity contribution in [2.75, 3.05) is 25.0 Å². The van der Waals surface area contributed by atoms with Gasteiger partial charge in [-0.25, -0.2) is 0 Å². The van der Waals surface area contributed by atoms with Crippen LogP contribution in [0.5, 0.6) is 0 Å². The van der Waals surface area contributed by atoms with Gasteiger partial charge in [0.1, 0.15) is 0 Å². The lowest BCUT2D eigenvalue weighted by molar-refractivity contribution is -0.116. The number of ether oxygens (including phenoxy) is 1. The van der Waals surface area contributed by atoms with Gasteiger partial charge < -0.3 is 15.4 Å². The molecular formula is C15H21ClN2O2. The summed E-state index contributed by atoms with van der Waals surface area (Å²) in [5.41, 5.74) is 1.68. The molecule has 0 spiro atoms. The molecule has 4 nitrogen and oxygen atoms in total. The summed E-state index contributed by atoms with van der Waals surface area (Å²) in [6, 6.07) is 5.51. The average molecular weight is 297 g/mol. The Morgan fingerprint density at radius 3 is 3.10 bits per heavy atom. The van der Waals surface area contributed by atoms with Gasteiger partial charge in [0.25, 0.3) is 0 Å². The number of hydrogen-bond donors (Lipinski definition) is 2. The molecule has 1 saturated heterocycles. The Hall–Kier alpha value is -1.10. The predicted octanol–water partition coefficient (Wildman–Crippen LogP) is 2.75. The molecule has 20 heavy (non-hydrogen) atoms. The van der Waals surface area contributed by atoms with Crippen LogP contribution in [0.3, 0.4) is 0 Å². The molecule has 1 amide bonds. The van der Waals surface area contributed by atoms with Crippen LogP contribution >= 0.6 is 11.6 Å². The van der Waals surface area contributed by atoms with Crippen molar-refractivity contribution in [3.63, 3.8) is 0 Å². The summed E-state index contributed by atoms with van der Waals surface area (Å²) < 4.78 is 5.51. The second-order valence-corrected chi connectivity index (χ2v) is 5.46. The van der Waals surface area contributed by atoms with Gasteiger partial charge in [0.05, 0.1) is 6.10 Å². The zero-order valence-corrected chi connectivity index (χ0v) is 12.5. The van der Waals surface area contributed by atoms with Crippen LogP contribution < -0.4 is 10.6 Å². The Labute approximate surface area is 124 Å². The fourth-order valence-electron chi connectivity index (χ4n) is 2.23. The molecule has 1 heterocycles. The first-order valence-corrected chi connectivity index (χ1v) is 7.42. The monoisotopic (exact) mass is 296 g/mol. The maximum atomic E-state index is 11.8. The minimum Gasteiger partial charge on any atom is -0.377 e. The van der Waals surface area contributed by atoms with E-state index >= 15 is 0 Å². The van der Waals surface area contributed by atoms with Crippen molar-refractivity contribution >= 4 is 23.2 Å². The molecule has 0 saturated carbocycles. The molecule has 1 aliphatic heterocycles. The number of anilines is 1. The van der Waals surface area contributed by atoms with Crippen LogP contribution in [0.15, 0.2) is 18.2 Å². The van der Waals surface area contributed by atoms with Crippen molar-refractivity contribution in [1.29, 1.82) is 0 Å². The van der Waals surface area contributed by atoms with Gasteiger partial charge in [0.15, 0.2) is 0 Å². The van der Waals surface area contributed by atoms with Crippen molar-refractivity contribution in [3.8, 4) is 0 Å². The summed E-state index contributed by atoms with van der Waals surface area (Å²) in [6.45, 7) is 4.24. The Morgan fingerprint density at radius 2 is 2.35 bits per heavy atom. The maximum absolute atomic E-state index is 11.8. The standard InChI is InChI=1S/C15H21ClN2O2/c1-11-13(16)5-2-6-14(11)18-15(19)7-8-17-10-12-4-3-9-20-12/h2,5-6,12,17H,3-4,7-10H2,1H3,(H,18,19). The number of benzene rings is 1. The van der Waals surface area contributed by atoms with Crippen molar-refractivity contribution < 1.29 is 9.53 Å². The van der Waals surface area contributed by atoms with Crippen LogP contribution in [-0.4, -0.2) is 31.7 Å². The third-order valence-electron chi connectivity index (χ3n) is 3.47. The van der Waals surface area contributed by atoms with E-state index in [1.807, 2.05) is 25.1 Å². The quantitative estimate of drug-likeness (QED) is 0.794. The Balaban J connectivity index is 1.68. The van der Waals surface area contributed by atoms with Gasteiger partial charge in [-0.05, 0) is 37.5 Å². The fourth-order valence-corrected chi connectivity index (χ4v) is 2.40. The van der Waals surface area contributed by atoms with Gasteiger partial charge >= 0.3 is 0 Å². The predicted molar refractivity (Wildman–Crippen MR) is 81.3 cm³/mol. The van der Waals surface area contributed by atoms with E-state index in [9.17, 15) is 4.79 Å². The zero-order chi connectivity index (χ0) is 14.4. The Kier molecular flexibility index (Phi) is 5.83. The van der Waals surface area contributed by atoms with Crippen LogP contribution in [0.4, 0.5) is 5.69 Å². The van der Waals surface area contributed by atoms with Crippen molar-refractivity contribution in [3.05, 3.63) is 28.8 Å². The highest BCUT2D eigenvalue weighted by molar-refractivity contribution is 6.31. The van der Waals surface area contributed by atoms with Crippen molar-refractivity contribution in [1.82, 2.24) is 5.32 Å². The number of carbonyl (C=O) groups excluding carboxylic acids is 1. The molecule has 5 heteroatoms. The third-order valence-corrected chi connectivity index (χ3v) is 3.88. The molecule has 1 aromatic rings. The summed E-state index contributed by atoms with van der Waals surface area (Å²) in [7, 11) is 0. The van der Waals surface area contributed by atoms with Gasteiger partial charge in [-0.15, -0.1) is 0 Å². The number of hydrogen-bond acceptors (Lipinski definition) is 3. The van der Waals surface area contributed by atoms with Gasteiger partial charge in [-0.1, -0.05) is 17.7 Å². The van der Waals surface area contributed by atoms with E-state index in [0.29, 0.717) is 24.1 Å². The summed E-state index contributed by atoms with van der Waals surface area (Å²) in [5, 5.41) is 6.81. The highest BCUT2D eigenvalue weighted by Crippen LogP contribution is 2.22. The lowest BCUT2D eigenvalue weighted by atomic mass is 10.2. The van der Waals surface area contributed by atoms with E-state index in [4.69, 9.17) is 16.3 Å². The van der Waals surface area contributed by atoms with Gasteiger partial charge in [-0.2, -0.15) is 0 Å². The number of halogens is 1. The Bertz CT molecular complexity index is 459. The maximum Gasteiger partial charge on any atom is 0.225 e. The van der Waals surface area contributed by atoms with Crippen molar-refractivity contribution in [2.45, 2.75) is 32.3 Å². The summed E-state index contributed by atoms with van der Waals surface area (Å²) in [4.78, 5) is 11.8. The number of rotatable bonds is 6. The first-order chi connectivity index (χ1) is 9.66. The van der Waals surface area contributed by atoms with E-state index in [1.54, 1.807) is 0 Å². The van der Waals surface area contributed by atoms with E-state index < -0.39 is 0 Å². The van der Waals surface area contributed by atoms with Crippen LogP contribution in [0.1, 0.15) is 24.8 Å². The van der Waals surface area contributed by atoms with E-state index in [2.05, 4.69) is 10.6 Å². The first kappa shape index (κ1) is 15.3. The minimum absolute atomic E-state index is 0.00444. The highest BCUT2D eigenvalue weighted by Gasteiger charge is 2.14. The molecule has 2 N–H and O–H groups in total. The highest BCUT2D eigenvalue weighted by atomic mass is 35.5. The zero-order valence-electron chi connectivity index (χ0n) is 11.7. The van der Waals surface area contributed by atoms with Gasteiger partial charge in [0, 0.05) is 36.8 Å². The first-order valence-electron chi connectivity index (χ1n) is 7.04. The second kappa shape index (κ2) is 7.62. The summed E-state index contributed by atoms with van der Waals surface area (Å²) in [6.07, 6.45) is 3.01. The molecule has 110 valence electrons. The van der Waals surface area contributed by atoms with Crippen LogP contribution in [0.25, 0.3) is 0 Å². The van der Waals surface area contributed by atoms with E-state index in [1.165, 1.54) is 0 Å². The number of carbonyl (C=O) groups is 1. The van der Waals surface area contributed by atoms with Crippen LogP contribution in [0.2, 0.25) is 5.02 Å². The van der Waals surface area contributed by atoms with Gasteiger partial charge in [0.2, 0.25) is 5.91 Å². The molecule has 0 aliphatic carbocycles. The molecular weight excluding hydrogens is 276 g/mol. The minimum atomic E-state index is -0.00444. The lowest BCUT2D eigenvalue weighted by Gasteiger charge is -2.12. The third kappa shape index (κ3) is 4.47. The number of amides is 1. The molecule has 1 unspecified atom stereocenters. The molecule has 1 aliphatic rings. The van der Waals surface area contributed by atoms with E-state index in [-0.39, 0.29) is 5.91 Å². The molecule has 2 rings (SSSR count). The summed E-state index contributed by atoms with van der Waals surface area (Å²) in [5.74, 6) is -0.00444. The van der Waals surface area contributed by atoms with Crippen LogP contribution in [-0.2, 0) is 9.53 Å². The number of nitrogens with one attached hydrogen (secondary N) is 2. The second-order valence-electron chi connectivity index (χ2n) is 5.05. The topological polar surface area (TPSA) is 50.4 Å². The lowest BCUT2D eigenvalue weighted by Crippen LogP contribution is -2.29. The molecule has 1 fully saturated rings. The molecule has 0 radical (unpaired) electrons. The molecule has 0 bridgehead atoms. The van der Waals surface area contributed by atoms with Crippen molar-refractivity contribution in [2.24, 2.45) is 0 Å². The molecule has 0 aromatic heterocycles. The molecule has 1 aromatic carbocycles. The summed E-state index contributed by atoms with van der Waals surface area (Å²) >= 11 is 6.02. The molecule has 1 atom stereocenters. The van der Waals surface area contributed by atoms with Crippen LogP contribution in [0, 0.1) is 6.92 Å². The fraction of sp³-hybridized carbons (Fsp3) is 0.533. The average Bonchev–Trinajstić information content (AvgIpc) is 2.93. The van der Waals surface area contributed by atoms with Gasteiger partial charge in [-0.3, -0.25) is 4.79 Å². The van der Waals surface area contributed by atoms with E-state index in [0.717, 1.165) is 37.2 Å². The normalized spacial score (nSPS) is 18.2. The SMILES string of the molecule is Cc1c(Cl)cccc1NC(=O)CCNCC1CCCO1.